The quantitative estimate of drug-likeness (QED) is 0.120. The van der Waals surface area contributed by atoms with Crippen molar-refractivity contribution in [3.63, 3.8) is 0 Å². The minimum absolute atomic E-state index is 0.00324. The van der Waals surface area contributed by atoms with Crippen molar-refractivity contribution < 1.29 is 25.9 Å². The lowest BCUT2D eigenvalue weighted by molar-refractivity contribution is -0.385. The fourth-order valence-electron chi connectivity index (χ4n) is 3.95. The van der Waals surface area contributed by atoms with Crippen LogP contribution in [0.1, 0.15) is 5.56 Å². The van der Waals surface area contributed by atoms with Gasteiger partial charge in [0, 0.05) is 74.8 Å². The van der Waals surface area contributed by atoms with Gasteiger partial charge >= 0.3 is 0 Å². The highest BCUT2D eigenvalue weighted by molar-refractivity contribution is 9.09. The Hall–Kier alpha value is -2.77. The zero-order valence-electron chi connectivity index (χ0n) is 20.0. The molecule has 0 spiro atoms. The number of hydrogen-bond acceptors (Lipinski definition) is 10. The lowest BCUT2D eigenvalue weighted by Crippen LogP contribution is -2.49. The molecule has 0 bridgehead atoms. The van der Waals surface area contributed by atoms with Crippen LogP contribution in [0.5, 0.6) is 0 Å². The molecular formula is C22H26BrN5O7S2. The maximum atomic E-state index is 13.9. The molecule has 1 aliphatic rings. The summed E-state index contributed by atoms with van der Waals surface area (Å²) >= 11 is 3.31. The van der Waals surface area contributed by atoms with Crippen molar-refractivity contribution in [3.05, 3.63) is 52.3 Å². The van der Waals surface area contributed by atoms with Gasteiger partial charge in [0.25, 0.3) is 15.8 Å². The molecule has 1 aliphatic heterocycles. The van der Waals surface area contributed by atoms with Gasteiger partial charge in [0.2, 0.25) is 10.0 Å². The van der Waals surface area contributed by atoms with Gasteiger partial charge in [0.1, 0.15) is 4.90 Å². The highest BCUT2D eigenvalue weighted by Crippen LogP contribution is 2.36. The van der Waals surface area contributed by atoms with Crippen LogP contribution in [-0.2, 0) is 24.3 Å². The Morgan fingerprint density at radius 2 is 1.81 bits per heavy atom. The van der Waals surface area contributed by atoms with Gasteiger partial charge in [-0.1, -0.05) is 21.9 Å². The number of terminal acetylenes is 1. The average molecular weight is 617 g/mol. The van der Waals surface area contributed by atoms with Crippen molar-refractivity contribution >= 4 is 53.1 Å². The first kappa shape index (κ1) is 28.8. The third kappa shape index (κ3) is 7.17. The lowest BCUT2D eigenvalue weighted by Gasteiger charge is -2.36. The normalized spacial score (nSPS) is 14.8. The molecule has 200 valence electrons. The second-order valence-electron chi connectivity index (χ2n) is 8.04. The molecule has 2 aromatic rings. The van der Waals surface area contributed by atoms with Crippen LogP contribution in [0.2, 0.25) is 0 Å². The van der Waals surface area contributed by atoms with Gasteiger partial charge in [-0.25, -0.2) is 8.42 Å². The van der Waals surface area contributed by atoms with Gasteiger partial charge in [-0.05, 0) is 12.1 Å². The number of non-ortho nitro benzene ring substituents is 1. The number of pyridine rings is 1. The van der Waals surface area contributed by atoms with Crippen molar-refractivity contribution in [1.29, 1.82) is 0 Å². The number of sulfonamides is 1. The van der Waals surface area contributed by atoms with E-state index in [-0.39, 0.29) is 48.9 Å². The van der Waals surface area contributed by atoms with E-state index in [1.807, 2.05) is 17.0 Å². The van der Waals surface area contributed by atoms with E-state index in [4.69, 9.17) is 10.6 Å². The number of alkyl halides is 1. The number of hydrogen-bond donors (Lipinski definition) is 0. The van der Waals surface area contributed by atoms with Gasteiger partial charge < -0.3 is 9.80 Å². The third-order valence-electron chi connectivity index (χ3n) is 5.64. The number of nitrogens with zero attached hydrogens (tertiary/aromatic N) is 5. The molecule has 0 radical (unpaired) electrons. The number of aromatic nitrogens is 1. The van der Waals surface area contributed by atoms with Crippen LogP contribution in [-0.4, -0.2) is 88.5 Å². The number of nitro groups is 1. The van der Waals surface area contributed by atoms with Crippen molar-refractivity contribution in [2.75, 3.05) is 67.3 Å². The lowest BCUT2D eigenvalue weighted by atomic mass is 10.1. The summed E-state index contributed by atoms with van der Waals surface area (Å²) in [5.74, 6) is 2.36. The van der Waals surface area contributed by atoms with Gasteiger partial charge in [-0.3, -0.25) is 19.3 Å². The summed E-state index contributed by atoms with van der Waals surface area (Å²) in [6, 6.07) is 5.80. The zero-order chi connectivity index (χ0) is 27.2. The molecule has 12 nitrogen and oxygen atoms in total. The van der Waals surface area contributed by atoms with E-state index in [1.54, 1.807) is 17.3 Å². The molecule has 1 aromatic heterocycles. The molecule has 2 heterocycles. The molecule has 0 amide bonds. The van der Waals surface area contributed by atoms with Crippen molar-refractivity contribution in [3.8, 4) is 12.3 Å². The summed E-state index contributed by atoms with van der Waals surface area (Å²) in [7, 11) is -7.96. The average Bonchev–Trinajstić information content (AvgIpc) is 2.87. The monoisotopic (exact) mass is 615 g/mol. The molecule has 37 heavy (non-hydrogen) atoms. The first-order valence-corrected chi connectivity index (χ1v) is 15.4. The Morgan fingerprint density at radius 1 is 1.16 bits per heavy atom. The Bertz CT molecular complexity index is 1370. The first-order valence-electron chi connectivity index (χ1n) is 11.1. The number of nitro benzene ring substituents is 1. The fraction of sp³-hybridized carbons (Fsp3) is 0.409. The molecule has 1 saturated heterocycles. The molecule has 0 unspecified atom stereocenters. The fourth-order valence-corrected chi connectivity index (χ4v) is 6.43. The molecule has 0 saturated carbocycles. The van der Waals surface area contributed by atoms with Gasteiger partial charge in [-0.15, -0.1) is 6.42 Å². The smallest absolute Gasteiger partial charge is 0.272 e. The Labute approximate surface area is 224 Å². The SMILES string of the molecule is C#Cc1cc([N+](=O)[O-])cc(S(=O)(=O)N2CCN(c3ccncc3)CC2)c1N(CCBr)CCOS(C)(=O)=O. The molecule has 0 atom stereocenters. The largest absolute Gasteiger partial charge is 0.369 e. The van der Waals surface area contributed by atoms with Crippen LogP contribution >= 0.6 is 15.9 Å². The summed E-state index contributed by atoms with van der Waals surface area (Å²) in [6.07, 6.45) is 9.88. The summed E-state index contributed by atoms with van der Waals surface area (Å²) in [5.41, 5.74) is 0.536. The van der Waals surface area contributed by atoms with E-state index >= 15 is 0 Å². The molecule has 3 rings (SSSR count). The predicted molar refractivity (Wildman–Crippen MR) is 143 cm³/mol. The number of piperazine rings is 1. The second-order valence-corrected chi connectivity index (χ2v) is 12.4. The molecule has 15 heteroatoms. The summed E-state index contributed by atoms with van der Waals surface area (Å²) in [5, 5.41) is 12.0. The Morgan fingerprint density at radius 3 is 2.35 bits per heavy atom. The first-order chi connectivity index (χ1) is 17.5. The van der Waals surface area contributed by atoms with Crippen molar-refractivity contribution in [2.45, 2.75) is 4.90 Å². The van der Waals surface area contributed by atoms with E-state index < -0.39 is 30.8 Å². The number of halogens is 1. The summed E-state index contributed by atoms with van der Waals surface area (Å²) in [6.45, 7) is 1.05. The van der Waals surface area contributed by atoms with E-state index in [9.17, 15) is 26.9 Å². The minimum Gasteiger partial charge on any atom is -0.369 e. The standard InChI is InChI=1S/C22H26BrN5O7S2/c1-3-18-16-20(28(29)30)17-21(22(18)26(9-6-23)14-15-35-36(2,31)32)37(33,34)27-12-10-25(11-13-27)19-4-7-24-8-5-19/h1,4-5,7-8,16-17H,6,9-15H2,2H3. The number of rotatable bonds is 11. The highest BCUT2D eigenvalue weighted by atomic mass is 79.9. The zero-order valence-corrected chi connectivity index (χ0v) is 23.2. The van der Waals surface area contributed by atoms with Crippen LogP contribution in [0.25, 0.3) is 0 Å². The molecule has 1 fully saturated rings. The van der Waals surface area contributed by atoms with Crippen molar-refractivity contribution in [2.24, 2.45) is 0 Å². The van der Waals surface area contributed by atoms with Crippen LogP contribution in [0.4, 0.5) is 17.1 Å². The topological polar surface area (TPSA) is 143 Å². The van der Waals surface area contributed by atoms with Gasteiger partial charge in [-0.2, -0.15) is 12.7 Å². The van der Waals surface area contributed by atoms with Crippen LogP contribution in [0, 0.1) is 22.5 Å². The summed E-state index contributed by atoms with van der Waals surface area (Å²) in [4.78, 5) is 18.2. The van der Waals surface area contributed by atoms with E-state index in [0.29, 0.717) is 18.4 Å². The molecule has 0 aliphatic carbocycles. The van der Waals surface area contributed by atoms with Crippen LogP contribution < -0.4 is 9.80 Å². The number of benzene rings is 1. The van der Waals surface area contributed by atoms with Gasteiger partial charge in [0.05, 0.1) is 29.0 Å². The van der Waals surface area contributed by atoms with E-state index in [0.717, 1.165) is 24.1 Å². The Balaban J connectivity index is 2.02. The molecule has 0 N–H and O–H groups in total. The van der Waals surface area contributed by atoms with E-state index in [1.165, 1.54) is 4.31 Å². The number of anilines is 2. The highest BCUT2D eigenvalue weighted by Gasteiger charge is 2.34. The van der Waals surface area contributed by atoms with Gasteiger partial charge in [0.15, 0.2) is 0 Å². The third-order valence-corrected chi connectivity index (χ3v) is 8.50. The minimum atomic E-state index is -4.23. The van der Waals surface area contributed by atoms with Crippen LogP contribution in [0.3, 0.4) is 0 Å². The molecule has 1 aromatic carbocycles. The summed E-state index contributed by atoms with van der Waals surface area (Å²) < 4.78 is 56.8. The molecular weight excluding hydrogens is 590 g/mol. The Kier molecular flexibility index (Phi) is 9.48. The van der Waals surface area contributed by atoms with E-state index in [2.05, 4.69) is 26.8 Å². The maximum Gasteiger partial charge on any atom is 0.272 e. The maximum absolute atomic E-state index is 13.9. The van der Waals surface area contributed by atoms with Crippen molar-refractivity contribution in [1.82, 2.24) is 9.29 Å². The van der Waals surface area contributed by atoms with Crippen LogP contribution in [0.15, 0.2) is 41.6 Å². The second kappa shape index (κ2) is 12.2. The predicted octanol–water partition coefficient (Wildman–Crippen LogP) is 1.66.